The Balaban J connectivity index is 1.61. The van der Waals surface area contributed by atoms with Gasteiger partial charge < -0.3 is 14.4 Å². The third-order valence-electron chi connectivity index (χ3n) is 5.43. The molecule has 2 aliphatic heterocycles. The molecule has 2 fully saturated rings. The van der Waals surface area contributed by atoms with E-state index in [2.05, 4.69) is 0 Å². The predicted octanol–water partition coefficient (Wildman–Crippen LogP) is 2.73. The van der Waals surface area contributed by atoms with Crippen molar-refractivity contribution in [1.82, 2.24) is 9.21 Å². The number of rotatable bonds is 7. The number of ether oxygens (including phenoxy) is 2. The molecule has 31 heavy (non-hydrogen) atoms. The second-order valence-corrected chi connectivity index (χ2v) is 10.5. The molecule has 10 heteroatoms. The molecule has 1 atom stereocenters. The number of amides is 1. The van der Waals surface area contributed by atoms with Crippen LogP contribution in [0.25, 0.3) is 0 Å². The van der Waals surface area contributed by atoms with Crippen molar-refractivity contribution in [3.8, 4) is 0 Å². The number of benzene rings is 1. The van der Waals surface area contributed by atoms with Crippen molar-refractivity contribution in [2.45, 2.75) is 30.4 Å². The van der Waals surface area contributed by atoms with Crippen LogP contribution in [-0.4, -0.2) is 69.1 Å². The summed E-state index contributed by atoms with van der Waals surface area (Å²) < 4.78 is 52.6. The first-order chi connectivity index (χ1) is 14.9. The van der Waals surface area contributed by atoms with Gasteiger partial charge in [0.2, 0.25) is 10.0 Å². The number of hydrogen-bond donors (Lipinski definition) is 0. The minimum absolute atomic E-state index is 0.0547. The van der Waals surface area contributed by atoms with Crippen molar-refractivity contribution in [1.29, 1.82) is 0 Å². The van der Waals surface area contributed by atoms with Crippen LogP contribution in [-0.2, 0) is 26.0 Å². The van der Waals surface area contributed by atoms with Gasteiger partial charge in [-0.05, 0) is 42.5 Å². The van der Waals surface area contributed by atoms with Gasteiger partial charge in [0.15, 0.2) is 0 Å². The molecular weight excluding hydrogens is 443 g/mol. The van der Waals surface area contributed by atoms with Gasteiger partial charge in [0, 0.05) is 36.7 Å². The molecular formula is C21H25FN2O5S2. The van der Waals surface area contributed by atoms with Gasteiger partial charge in [-0.25, -0.2) is 12.8 Å². The van der Waals surface area contributed by atoms with Gasteiger partial charge in [-0.15, -0.1) is 11.3 Å². The summed E-state index contributed by atoms with van der Waals surface area (Å²) in [6, 6.07) is 7.40. The zero-order chi connectivity index (χ0) is 21.8. The summed E-state index contributed by atoms with van der Waals surface area (Å²) in [6.07, 6.45) is 1.76. The van der Waals surface area contributed by atoms with E-state index in [-0.39, 0.29) is 43.9 Å². The van der Waals surface area contributed by atoms with Gasteiger partial charge in [-0.2, -0.15) is 4.31 Å². The van der Waals surface area contributed by atoms with Crippen LogP contribution in [0.2, 0.25) is 0 Å². The third-order valence-corrected chi connectivity index (χ3v) is 8.20. The molecule has 1 aromatic heterocycles. The summed E-state index contributed by atoms with van der Waals surface area (Å²) in [5.74, 6) is -1.21. The summed E-state index contributed by atoms with van der Waals surface area (Å²) in [5, 5.41) is 1.94. The molecule has 7 nitrogen and oxygen atoms in total. The Morgan fingerprint density at radius 3 is 2.71 bits per heavy atom. The number of hydrogen-bond acceptors (Lipinski definition) is 6. The number of halogens is 1. The lowest BCUT2D eigenvalue weighted by Gasteiger charge is -2.27. The SMILES string of the molecule is O=C(c1ccc(F)c(S(=O)(=O)N2CCOCC2)c1)N(Cc1cccs1)CC1CCCO1. The number of sulfonamides is 1. The van der Waals surface area contributed by atoms with E-state index in [0.29, 0.717) is 19.7 Å². The van der Waals surface area contributed by atoms with E-state index in [0.717, 1.165) is 29.9 Å². The summed E-state index contributed by atoms with van der Waals surface area (Å²) in [6.45, 7) is 2.29. The zero-order valence-electron chi connectivity index (χ0n) is 17.0. The maximum Gasteiger partial charge on any atom is 0.254 e. The van der Waals surface area contributed by atoms with E-state index in [1.807, 2.05) is 17.5 Å². The lowest BCUT2D eigenvalue weighted by atomic mass is 10.1. The summed E-state index contributed by atoms with van der Waals surface area (Å²) in [5.41, 5.74) is 0.141. The molecule has 0 aliphatic carbocycles. The van der Waals surface area contributed by atoms with Crippen LogP contribution in [0.1, 0.15) is 28.1 Å². The van der Waals surface area contributed by atoms with Crippen molar-refractivity contribution in [3.63, 3.8) is 0 Å². The largest absolute Gasteiger partial charge is 0.379 e. The van der Waals surface area contributed by atoms with Crippen LogP contribution < -0.4 is 0 Å². The normalized spacial score (nSPS) is 20.1. The minimum atomic E-state index is -4.06. The van der Waals surface area contributed by atoms with Crippen LogP contribution >= 0.6 is 11.3 Å². The zero-order valence-corrected chi connectivity index (χ0v) is 18.7. The van der Waals surface area contributed by atoms with E-state index in [1.54, 1.807) is 16.2 Å². The fraction of sp³-hybridized carbons (Fsp3) is 0.476. The van der Waals surface area contributed by atoms with E-state index >= 15 is 0 Å². The van der Waals surface area contributed by atoms with E-state index < -0.39 is 20.7 Å². The minimum Gasteiger partial charge on any atom is -0.379 e. The Morgan fingerprint density at radius 2 is 2.03 bits per heavy atom. The van der Waals surface area contributed by atoms with Crippen LogP contribution in [0.3, 0.4) is 0 Å². The molecule has 0 N–H and O–H groups in total. The Morgan fingerprint density at radius 1 is 1.23 bits per heavy atom. The highest BCUT2D eigenvalue weighted by molar-refractivity contribution is 7.89. The van der Waals surface area contributed by atoms with Gasteiger partial charge in [-0.1, -0.05) is 6.07 Å². The lowest BCUT2D eigenvalue weighted by Crippen LogP contribution is -2.41. The lowest BCUT2D eigenvalue weighted by molar-refractivity contribution is 0.0509. The second-order valence-electron chi connectivity index (χ2n) is 7.56. The average Bonchev–Trinajstić information content (AvgIpc) is 3.48. The smallest absolute Gasteiger partial charge is 0.254 e. The summed E-state index contributed by atoms with van der Waals surface area (Å²) in [4.78, 5) is 15.5. The van der Waals surface area contributed by atoms with Crippen LogP contribution in [0.5, 0.6) is 0 Å². The maximum absolute atomic E-state index is 14.5. The van der Waals surface area contributed by atoms with E-state index in [9.17, 15) is 17.6 Å². The first kappa shape index (κ1) is 22.3. The van der Waals surface area contributed by atoms with Crippen LogP contribution in [0, 0.1) is 5.82 Å². The first-order valence-corrected chi connectivity index (χ1v) is 12.6. The van der Waals surface area contributed by atoms with Crippen molar-refractivity contribution < 1.29 is 27.1 Å². The van der Waals surface area contributed by atoms with Crippen LogP contribution in [0.15, 0.2) is 40.6 Å². The third kappa shape index (κ3) is 5.15. The number of morpholine rings is 1. The Bertz CT molecular complexity index is 1000. The number of nitrogens with zero attached hydrogens (tertiary/aromatic N) is 2. The highest BCUT2D eigenvalue weighted by Gasteiger charge is 2.31. The molecule has 3 heterocycles. The molecule has 0 saturated carbocycles. The second kappa shape index (κ2) is 9.74. The number of carbonyl (C=O) groups excluding carboxylic acids is 1. The van der Waals surface area contributed by atoms with Gasteiger partial charge >= 0.3 is 0 Å². The maximum atomic E-state index is 14.5. The topological polar surface area (TPSA) is 76.2 Å². The molecule has 2 aliphatic rings. The summed E-state index contributed by atoms with van der Waals surface area (Å²) >= 11 is 1.54. The number of carbonyl (C=O) groups is 1. The molecule has 2 aromatic rings. The fourth-order valence-corrected chi connectivity index (χ4v) is 6.00. The van der Waals surface area contributed by atoms with E-state index in [1.165, 1.54) is 10.4 Å². The monoisotopic (exact) mass is 468 g/mol. The molecule has 0 bridgehead atoms. The Labute approximate surface area is 185 Å². The molecule has 1 aromatic carbocycles. The molecule has 4 rings (SSSR count). The van der Waals surface area contributed by atoms with Crippen molar-refractivity contribution >= 4 is 27.3 Å². The van der Waals surface area contributed by atoms with Crippen molar-refractivity contribution in [3.05, 3.63) is 52.0 Å². The molecule has 1 unspecified atom stereocenters. The van der Waals surface area contributed by atoms with Crippen molar-refractivity contribution in [2.24, 2.45) is 0 Å². The quantitative estimate of drug-likeness (QED) is 0.625. The Kier molecular flexibility index (Phi) is 7.02. The standard InChI is InChI=1S/C21H25FN2O5S2/c22-19-6-5-16(13-20(19)31(26,27)24-7-10-28-11-8-24)21(25)23(14-17-3-1-9-29-17)15-18-4-2-12-30-18/h2,4-6,12-13,17H,1,3,7-11,14-15H2. The average molecular weight is 469 g/mol. The van der Waals surface area contributed by atoms with E-state index in [4.69, 9.17) is 9.47 Å². The van der Waals surface area contributed by atoms with Crippen molar-refractivity contribution in [2.75, 3.05) is 39.5 Å². The molecule has 168 valence electrons. The highest BCUT2D eigenvalue weighted by Crippen LogP contribution is 2.24. The first-order valence-electron chi connectivity index (χ1n) is 10.3. The van der Waals surface area contributed by atoms with Gasteiger partial charge in [-0.3, -0.25) is 4.79 Å². The van der Waals surface area contributed by atoms with Gasteiger partial charge in [0.1, 0.15) is 10.7 Å². The van der Waals surface area contributed by atoms with Gasteiger partial charge in [0.25, 0.3) is 5.91 Å². The molecule has 2 saturated heterocycles. The molecule has 0 spiro atoms. The highest BCUT2D eigenvalue weighted by atomic mass is 32.2. The molecule has 0 radical (unpaired) electrons. The van der Waals surface area contributed by atoms with Crippen LogP contribution in [0.4, 0.5) is 4.39 Å². The fourth-order valence-electron chi connectivity index (χ4n) is 3.79. The molecule has 1 amide bonds. The predicted molar refractivity (Wildman–Crippen MR) is 114 cm³/mol. The Hall–Kier alpha value is -1.85. The summed E-state index contributed by atoms with van der Waals surface area (Å²) in [7, 11) is -4.06. The van der Waals surface area contributed by atoms with Gasteiger partial charge in [0.05, 0.1) is 25.9 Å². The number of thiophene rings is 1.